The second-order valence-electron chi connectivity index (χ2n) is 4.56. The number of nitrogens with zero attached hydrogens (tertiary/aromatic N) is 1. The maximum atomic E-state index is 14.0. The lowest BCUT2D eigenvalue weighted by Crippen LogP contribution is -2.06. The predicted molar refractivity (Wildman–Crippen MR) is 72.0 cm³/mol. The average molecular weight is 279 g/mol. The van der Waals surface area contributed by atoms with E-state index in [1.54, 1.807) is 12.1 Å². The van der Waals surface area contributed by atoms with E-state index in [1.165, 1.54) is 24.5 Å². The third-order valence-corrected chi connectivity index (χ3v) is 4.55. The van der Waals surface area contributed by atoms with E-state index < -0.39 is 6.10 Å². The van der Waals surface area contributed by atoms with Crippen LogP contribution in [0, 0.1) is 5.82 Å². The first kappa shape index (κ1) is 12.6. The molecule has 1 atom stereocenters. The smallest absolute Gasteiger partial charge is 0.137 e. The number of thiazole rings is 1. The summed E-state index contributed by atoms with van der Waals surface area (Å²) in [5, 5.41) is 10.5. The lowest BCUT2D eigenvalue weighted by molar-refractivity contribution is 0.160. The highest BCUT2D eigenvalue weighted by Gasteiger charge is 2.25. The lowest BCUT2D eigenvalue weighted by atomic mass is 10.0. The van der Waals surface area contributed by atoms with Gasteiger partial charge in [-0.15, -0.1) is 11.3 Å². The summed E-state index contributed by atoms with van der Waals surface area (Å²) >= 11 is 1.36. The summed E-state index contributed by atoms with van der Waals surface area (Å²) < 4.78 is 19.2. The Labute approximate surface area is 114 Å². The number of benzene rings is 1. The quantitative estimate of drug-likeness (QED) is 0.917. The molecular formula is C14H14FNO2S. The minimum Gasteiger partial charge on any atom is -0.496 e. The number of methoxy groups -OCH3 is 1. The number of aromatic nitrogens is 1. The van der Waals surface area contributed by atoms with Crippen LogP contribution in [0.4, 0.5) is 4.39 Å². The van der Waals surface area contributed by atoms with Crippen molar-refractivity contribution in [1.29, 1.82) is 0 Å². The van der Waals surface area contributed by atoms with Crippen LogP contribution in [0.1, 0.15) is 29.5 Å². The van der Waals surface area contributed by atoms with E-state index in [-0.39, 0.29) is 5.82 Å². The van der Waals surface area contributed by atoms with Crippen LogP contribution in [0.5, 0.6) is 5.75 Å². The molecule has 2 aromatic rings. The monoisotopic (exact) mass is 279 g/mol. The van der Waals surface area contributed by atoms with Gasteiger partial charge in [-0.25, -0.2) is 9.37 Å². The Bertz CT molecular complexity index is 611. The van der Waals surface area contributed by atoms with Gasteiger partial charge >= 0.3 is 0 Å². The molecule has 0 spiro atoms. The van der Waals surface area contributed by atoms with Crippen LogP contribution in [0.2, 0.25) is 0 Å². The molecule has 0 saturated heterocycles. The molecule has 1 unspecified atom stereocenters. The SMILES string of the molecule is COc1cccc(F)c1-c1nc2c(s1)C(O)CCC2. The Hall–Kier alpha value is -1.46. The van der Waals surface area contributed by atoms with Gasteiger partial charge in [0.25, 0.3) is 0 Å². The summed E-state index contributed by atoms with van der Waals surface area (Å²) in [5.74, 6) is 0.125. The van der Waals surface area contributed by atoms with Gasteiger partial charge in [0.2, 0.25) is 0 Å². The highest BCUT2D eigenvalue weighted by Crippen LogP contribution is 2.41. The van der Waals surface area contributed by atoms with Crippen LogP contribution in [0.15, 0.2) is 18.2 Å². The Morgan fingerprint density at radius 3 is 3.05 bits per heavy atom. The van der Waals surface area contributed by atoms with Crippen LogP contribution >= 0.6 is 11.3 Å². The van der Waals surface area contributed by atoms with Gasteiger partial charge in [0.1, 0.15) is 16.6 Å². The minimum absolute atomic E-state index is 0.347. The molecule has 1 N–H and O–H groups in total. The van der Waals surface area contributed by atoms with Crippen molar-refractivity contribution in [2.75, 3.05) is 7.11 Å². The fraction of sp³-hybridized carbons (Fsp3) is 0.357. The number of aliphatic hydroxyl groups is 1. The average Bonchev–Trinajstić information content (AvgIpc) is 2.83. The zero-order valence-corrected chi connectivity index (χ0v) is 11.3. The summed E-state index contributed by atoms with van der Waals surface area (Å²) in [6, 6.07) is 4.73. The van der Waals surface area contributed by atoms with E-state index in [9.17, 15) is 9.50 Å². The highest BCUT2D eigenvalue weighted by atomic mass is 32.1. The molecule has 1 aromatic heterocycles. The van der Waals surface area contributed by atoms with Gasteiger partial charge in [0, 0.05) is 0 Å². The number of hydrogen-bond acceptors (Lipinski definition) is 4. The topological polar surface area (TPSA) is 42.4 Å². The zero-order chi connectivity index (χ0) is 13.4. The molecule has 0 fully saturated rings. The minimum atomic E-state index is -0.465. The molecule has 0 bridgehead atoms. The number of aryl methyl sites for hydroxylation is 1. The van der Waals surface area contributed by atoms with Gasteiger partial charge in [-0.2, -0.15) is 0 Å². The molecule has 0 aliphatic heterocycles. The number of aliphatic hydroxyl groups excluding tert-OH is 1. The molecule has 0 saturated carbocycles. The van der Waals surface area contributed by atoms with Crippen molar-refractivity contribution in [1.82, 2.24) is 4.98 Å². The van der Waals surface area contributed by atoms with Gasteiger partial charge in [-0.3, -0.25) is 0 Å². The predicted octanol–water partition coefficient (Wildman–Crippen LogP) is 3.33. The summed E-state index contributed by atoms with van der Waals surface area (Å²) in [4.78, 5) is 5.35. The van der Waals surface area contributed by atoms with Crippen molar-refractivity contribution < 1.29 is 14.2 Å². The molecule has 3 nitrogen and oxygen atoms in total. The van der Waals surface area contributed by atoms with Crippen molar-refractivity contribution in [3.05, 3.63) is 34.6 Å². The molecule has 5 heteroatoms. The first-order valence-corrected chi connectivity index (χ1v) is 7.03. The van der Waals surface area contributed by atoms with Gasteiger partial charge in [0.15, 0.2) is 0 Å². The Balaban J connectivity index is 2.13. The molecule has 0 radical (unpaired) electrons. The fourth-order valence-electron chi connectivity index (χ4n) is 2.39. The second kappa shape index (κ2) is 4.90. The van der Waals surface area contributed by atoms with Crippen molar-refractivity contribution in [3.8, 4) is 16.3 Å². The van der Waals surface area contributed by atoms with E-state index in [0.29, 0.717) is 16.3 Å². The van der Waals surface area contributed by atoms with Crippen molar-refractivity contribution in [2.45, 2.75) is 25.4 Å². The van der Waals surface area contributed by atoms with Crippen molar-refractivity contribution >= 4 is 11.3 Å². The Morgan fingerprint density at radius 2 is 2.32 bits per heavy atom. The third-order valence-electron chi connectivity index (χ3n) is 3.33. The number of hydrogen-bond donors (Lipinski definition) is 1. The fourth-order valence-corrected chi connectivity index (χ4v) is 3.57. The molecule has 0 amide bonds. The number of rotatable bonds is 2. The van der Waals surface area contributed by atoms with E-state index in [0.717, 1.165) is 29.8 Å². The van der Waals surface area contributed by atoms with Crippen LogP contribution in [0.3, 0.4) is 0 Å². The van der Waals surface area contributed by atoms with Gasteiger partial charge < -0.3 is 9.84 Å². The summed E-state index contributed by atoms with van der Waals surface area (Å²) in [7, 11) is 1.51. The summed E-state index contributed by atoms with van der Waals surface area (Å²) in [6.07, 6.45) is 2.06. The molecule has 100 valence electrons. The second-order valence-corrected chi connectivity index (χ2v) is 5.59. The molecule has 1 aromatic carbocycles. The highest BCUT2D eigenvalue weighted by molar-refractivity contribution is 7.15. The largest absolute Gasteiger partial charge is 0.496 e. The van der Waals surface area contributed by atoms with Crippen LogP contribution in [-0.4, -0.2) is 17.2 Å². The molecular weight excluding hydrogens is 265 g/mol. The van der Waals surface area contributed by atoms with Gasteiger partial charge in [-0.05, 0) is 31.4 Å². The van der Waals surface area contributed by atoms with Crippen molar-refractivity contribution in [3.63, 3.8) is 0 Å². The lowest BCUT2D eigenvalue weighted by Gasteiger charge is -2.14. The summed E-state index contributed by atoms with van der Waals surface area (Å²) in [5.41, 5.74) is 1.28. The van der Waals surface area contributed by atoms with E-state index in [2.05, 4.69) is 4.98 Å². The maximum Gasteiger partial charge on any atom is 0.137 e. The number of fused-ring (bicyclic) bond motifs is 1. The Kier molecular flexibility index (Phi) is 3.24. The third kappa shape index (κ3) is 2.13. The van der Waals surface area contributed by atoms with Gasteiger partial charge in [0.05, 0.1) is 29.3 Å². The molecule has 1 aliphatic carbocycles. The number of halogens is 1. The maximum absolute atomic E-state index is 14.0. The normalized spacial score (nSPS) is 18.2. The van der Waals surface area contributed by atoms with E-state index in [1.807, 2.05) is 0 Å². The van der Waals surface area contributed by atoms with E-state index >= 15 is 0 Å². The summed E-state index contributed by atoms with van der Waals surface area (Å²) in [6.45, 7) is 0. The zero-order valence-electron chi connectivity index (χ0n) is 10.5. The Morgan fingerprint density at radius 1 is 1.47 bits per heavy atom. The van der Waals surface area contributed by atoms with Gasteiger partial charge in [-0.1, -0.05) is 6.07 Å². The molecule has 19 heavy (non-hydrogen) atoms. The van der Waals surface area contributed by atoms with Crippen molar-refractivity contribution in [2.24, 2.45) is 0 Å². The first-order valence-electron chi connectivity index (χ1n) is 6.21. The van der Waals surface area contributed by atoms with Crippen LogP contribution in [0.25, 0.3) is 10.6 Å². The van der Waals surface area contributed by atoms with Crippen LogP contribution in [-0.2, 0) is 6.42 Å². The molecule has 1 heterocycles. The standard InChI is InChI=1S/C14H14FNO2S/c1-18-11-7-2-4-8(15)12(11)14-16-9-5-3-6-10(17)13(9)19-14/h2,4,7,10,17H,3,5-6H2,1H3. The van der Waals surface area contributed by atoms with E-state index in [4.69, 9.17) is 4.74 Å². The molecule has 3 rings (SSSR count). The first-order chi connectivity index (χ1) is 9.20. The van der Waals surface area contributed by atoms with Crippen LogP contribution < -0.4 is 4.74 Å². The number of ether oxygens (including phenoxy) is 1. The molecule has 1 aliphatic rings.